The van der Waals surface area contributed by atoms with E-state index in [-0.39, 0.29) is 32.2 Å². The Morgan fingerprint density at radius 1 is 0.935 bits per heavy atom. The molecule has 6 aromatic rings. The molecule has 4 aromatic heterocycles. The van der Waals surface area contributed by atoms with Crippen molar-refractivity contribution in [2.24, 2.45) is 5.92 Å². The monoisotopic (exact) mass is 806 g/mol. The van der Waals surface area contributed by atoms with Crippen LogP contribution in [-0.2, 0) is 26.5 Å². The topological polar surface area (TPSA) is 51.8 Å². The van der Waals surface area contributed by atoms with Crippen molar-refractivity contribution < 1.29 is 30.0 Å². The first-order valence-electron chi connectivity index (χ1n) is 17.9. The molecule has 7 rings (SSSR count). The number of hydrogen-bond acceptors (Lipinski definition) is 4. The van der Waals surface area contributed by atoms with E-state index in [1.807, 2.05) is 68.6 Å². The minimum absolute atomic E-state index is 0. The second-order valence-corrected chi connectivity index (χ2v) is 18.1. The van der Waals surface area contributed by atoms with E-state index in [9.17, 15) is 0 Å². The Hall–Kier alpha value is -3.44. The number of benzene rings is 2. The first kappa shape index (κ1) is 28.8. The predicted molar refractivity (Wildman–Crippen MR) is 189 cm³/mol. The van der Waals surface area contributed by atoms with Crippen molar-refractivity contribution in [1.29, 1.82) is 0 Å². The van der Waals surface area contributed by atoms with Crippen LogP contribution < -0.4 is 5.19 Å². The zero-order valence-corrected chi connectivity index (χ0v) is 30.6. The zero-order chi connectivity index (χ0) is 35.0. The maximum atomic E-state index is 8.77. The molecule has 0 amide bonds. The van der Waals surface area contributed by atoms with E-state index in [0.29, 0.717) is 28.1 Å². The van der Waals surface area contributed by atoms with Gasteiger partial charge in [0, 0.05) is 48.2 Å². The summed E-state index contributed by atoms with van der Waals surface area (Å²) in [6.07, 6.45) is 7.66. The third kappa shape index (κ3) is 7.74. The molecule has 0 N–H and O–H groups in total. The fourth-order valence-corrected chi connectivity index (χ4v) is 7.61. The molecule has 239 valence electrons. The molecular formula is C40H43IrN3OSi-2. The summed E-state index contributed by atoms with van der Waals surface area (Å²) in [6.45, 7) is 10.8. The molecule has 4 heterocycles. The van der Waals surface area contributed by atoms with Gasteiger partial charge in [-0.1, -0.05) is 99.8 Å². The number of rotatable bonds is 6. The maximum Gasteiger partial charge on any atom is 0.216 e. The Labute approximate surface area is 294 Å². The summed E-state index contributed by atoms with van der Waals surface area (Å²) in [5.41, 5.74) is 6.00. The van der Waals surface area contributed by atoms with Crippen LogP contribution in [0.2, 0.25) is 19.6 Å². The van der Waals surface area contributed by atoms with Gasteiger partial charge in [0.1, 0.15) is 0 Å². The number of fused-ring (bicyclic) bond motifs is 3. The van der Waals surface area contributed by atoms with Gasteiger partial charge in [-0.2, -0.15) is 0 Å². The molecule has 0 spiro atoms. The van der Waals surface area contributed by atoms with Gasteiger partial charge in [-0.25, -0.2) is 4.98 Å². The largest absolute Gasteiger partial charge is 0.486 e. The predicted octanol–water partition coefficient (Wildman–Crippen LogP) is 10.2. The van der Waals surface area contributed by atoms with E-state index in [1.54, 1.807) is 18.3 Å². The van der Waals surface area contributed by atoms with Crippen molar-refractivity contribution in [3.63, 3.8) is 0 Å². The molecule has 0 unspecified atom stereocenters. The number of hydrogen-bond donors (Lipinski definition) is 0. The van der Waals surface area contributed by atoms with Gasteiger partial charge in [0.25, 0.3) is 0 Å². The van der Waals surface area contributed by atoms with Crippen molar-refractivity contribution in [2.75, 3.05) is 0 Å². The van der Waals surface area contributed by atoms with Crippen molar-refractivity contribution in [1.82, 2.24) is 15.0 Å². The van der Waals surface area contributed by atoms with Crippen LogP contribution in [0.15, 0.2) is 89.7 Å². The van der Waals surface area contributed by atoms with Crippen molar-refractivity contribution >= 4 is 35.3 Å². The van der Waals surface area contributed by atoms with Gasteiger partial charge in [0.2, 0.25) is 5.71 Å². The molecule has 0 bridgehead atoms. The molecule has 1 aliphatic carbocycles. The summed E-state index contributed by atoms with van der Waals surface area (Å²) in [5.74, 6) is -0.570. The average molecular weight is 806 g/mol. The summed E-state index contributed by atoms with van der Waals surface area (Å²) in [6, 6.07) is 27.2. The van der Waals surface area contributed by atoms with E-state index < -0.39 is 20.3 Å². The van der Waals surface area contributed by atoms with E-state index >= 15 is 0 Å². The molecule has 1 saturated carbocycles. The van der Waals surface area contributed by atoms with E-state index in [0.717, 1.165) is 53.3 Å². The molecule has 0 atom stereocenters. The quantitative estimate of drug-likeness (QED) is 0.124. The Morgan fingerprint density at radius 2 is 1.76 bits per heavy atom. The standard InChI is InChI=1S/C23H21N2O.C17H22NSi.Ir/c1-2-6-16(7-3-1)14-17-11-13-24-21(15-17)20-9-4-8-18-19-10-5-12-25-23(19)26-22(18)20;1-13(2)15-11-16(14-9-7-6-8-10-14)18-12-17(15)19(3,4)5;/h4-5,8,10-13,15-16H,1-3,6-7,14H2;6-9,11-13H,1-5H3;/q2*-1;/i12D,14D2;13D;. The molecule has 4 nitrogen and oxygen atoms in total. The fourth-order valence-electron chi connectivity index (χ4n) is 6.03. The number of nitrogens with zero attached hydrogens (tertiary/aromatic N) is 3. The van der Waals surface area contributed by atoms with Gasteiger partial charge < -0.3 is 14.4 Å². The second kappa shape index (κ2) is 15.0. The van der Waals surface area contributed by atoms with E-state index in [2.05, 4.69) is 52.8 Å². The third-order valence-corrected chi connectivity index (χ3v) is 10.4. The van der Waals surface area contributed by atoms with Crippen molar-refractivity contribution in [3.05, 3.63) is 109 Å². The number of pyridine rings is 3. The summed E-state index contributed by atoms with van der Waals surface area (Å²) in [7, 11) is -1.50. The van der Waals surface area contributed by atoms with Crippen LogP contribution in [0.5, 0.6) is 0 Å². The normalized spacial score (nSPS) is 15.6. The minimum atomic E-state index is -1.50. The summed E-state index contributed by atoms with van der Waals surface area (Å²) >= 11 is 0. The molecule has 46 heavy (non-hydrogen) atoms. The van der Waals surface area contributed by atoms with Crippen molar-refractivity contribution in [2.45, 2.75) is 77.9 Å². The third-order valence-electron chi connectivity index (χ3n) is 8.39. The van der Waals surface area contributed by atoms with Crippen LogP contribution in [0.25, 0.3) is 44.6 Å². The average Bonchev–Trinajstić information content (AvgIpc) is 3.46. The Morgan fingerprint density at radius 3 is 2.50 bits per heavy atom. The van der Waals surface area contributed by atoms with Gasteiger partial charge >= 0.3 is 0 Å². The van der Waals surface area contributed by atoms with E-state index in [4.69, 9.17) is 9.90 Å². The van der Waals surface area contributed by atoms with Crippen LogP contribution in [0.1, 0.15) is 68.5 Å². The molecule has 0 saturated heterocycles. The molecule has 1 aliphatic rings. The zero-order valence-electron chi connectivity index (χ0n) is 31.2. The van der Waals surface area contributed by atoms with Crippen LogP contribution in [-0.4, -0.2) is 23.0 Å². The molecule has 0 aliphatic heterocycles. The van der Waals surface area contributed by atoms with Crippen LogP contribution in [0.3, 0.4) is 0 Å². The second-order valence-electron chi connectivity index (χ2n) is 13.0. The van der Waals surface area contributed by atoms with Gasteiger partial charge in [0.05, 0.1) is 15.0 Å². The molecule has 6 heteroatoms. The fraction of sp³-hybridized carbons (Fsp3) is 0.325. The first-order chi connectivity index (χ1) is 23.2. The molecular weight excluding hydrogens is 759 g/mol. The van der Waals surface area contributed by atoms with Crippen LogP contribution in [0, 0.1) is 18.1 Å². The van der Waals surface area contributed by atoms with Gasteiger partial charge in [0.15, 0.2) is 0 Å². The molecule has 1 fully saturated rings. The van der Waals surface area contributed by atoms with Gasteiger partial charge in [-0.15, -0.1) is 54.1 Å². The van der Waals surface area contributed by atoms with Gasteiger partial charge in [-0.05, 0) is 53.0 Å². The SMILES string of the molecule is [2H]C(C)(C)c1cc(-c2[c-]cccc2)ncc1[Si](C)(C)C.[2H]c1ccc2c(n1)oc1c(-c3cc(C([2H])([2H])C4CCCCC4)ccn3)[c-]ccc12.[Ir]. The summed E-state index contributed by atoms with van der Waals surface area (Å²) in [5, 5.41) is 3.01. The van der Waals surface area contributed by atoms with Crippen molar-refractivity contribution in [3.8, 4) is 22.5 Å². The Kier molecular flexibility index (Phi) is 9.36. The summed E-state index contributed by atoms with van der Waals surface area (Å²) < 4.78 is 39.7. The maximum absolute atomic E-state index is 8.77. The van der Waals surface area contributed by atoms with E-state index in [1.165, 1.54) is 11.6 Å². The first-order valence-corrected chi connectivity index (χ1v) is 19.4. The Bertz CT molecular complexity index is 2080. The van der Waals surface area contributed by atoms with Crippen LogP contribution in [0.4, 0.5) is 0 Å². The number of aromatic nitrogens is 3. The number of furan rings is 1. The van der Waals surface area contributed by atoms with Crippen LogP contribution >= 0.6 is 0 Å². The summed E-state index contributed by atoms with van der Waals surface area (Å²) in [4.78, 5) is 13.3. The molecule has 1 radical (unpaired) electrons. The minimum Gasteiger partial charge on any atom is -0.486 e. The Balaban J connectivity index is 0.000000204. The smallest absolute Gasteiger partial charge is 0.216 e. The molecule has 2 aromatic carbocycles. The van der Waals surface area contributed by atoms with Gasteiger partial charge in [-0.3, -0.25) is 0 Å².